The van der Waals surface area contributed by atoms with E-state index in [2.05, 4.69) is 10.2 Å². The Bertz CT molecular complexity index is 360. The summed E-state index contributed by atoms with van der Waals surface area (Å²) < 4.78 is 12.8. The van der Waals surface area contributed by atoms with Gasteiger partial charge < -0.3 is 10.4 Å². The first kappa shape index (κ1) is 12.5. The molecule has 0 aromatic heterocycles. The number of rotatable bonds is 4. The predicted molar refractivity (Wildman–Crippen MR) is 65.2 cm³/mol. The van der Waals surface area contributed by atoms with Gasteiger partial charge in [0.15, 0.2) is 0 Å². The van der Waals surface area contributed by atoms with Crippen LogP contribution in [0.15, 0.2) is 24.3 Å². The van der Waals surface area contributed by atoms with Crippen molar-refractivity contribution in [1.82, 2.24) is 10.2 Å². The average molecular weight is 238 g/mol. The van der Waals surface area contributed by atoms with Gasteiger partial charge in [0.25, 0.3) is 0 Å². The molecule has 1 aromatic rings. The van der Waals surface area contributed by atoms with Crippen LogP contribution in [0.1, 0.15) is 12.0 Å². The molecule has 1 fully saturated rings. The van der Waals surface area contributed by atoms with E-state index in [1.54, 1.807) is 12.1 Å². The molecule has 0 spiro atoms. The van der Waals surface area contributed by atoms with Gasteiger partial charge in [-0.15, -0.1) is 0 Å². The van der Waals surface area contributed by atoms with Crippen LogP contribution >= 0.6 is 0 Å². The number of benzene rings is 1. The number of halogens is 1. The van der Waals surface area contributed by atoms with Gasteiger partial charge in [-0.3, -0.25) is 4.90 Å². The highest BCUT2D eigenvalue weighted by molar-refractivity contribution is 5.15. The maximum absolute atomic E-state index is 12.8. The molecule has 1 aliphatic heterocycles. The maximum atomic E-state index is 12.8. The van der Waals surface area contributed by atoms with Crippen LogP contribution in [-0.2, 0) is 6.54 Å². The van der Waals surface area contributed by atoms with Crippen LogP contribution in [0.25, 0.3) is 0 Å². The van der Waals surface area contributed by atoms with Crippen molar-refractivity contribution in [3.8, 4) is 0 Å². The Morgan fingerprint density at radius 1 is 1.41 bits per heavy atom. The topological polar surface area (TPSA) is 35.5 Å². The Labute approximate surface area is 101 Å². The second-order valence-corrected chi connectivity index (χ2v) is 4.95. The zero-order valence-corrected chi connectivity index (χ0v) is 10.1. The summed E-state index contributed by atoms with van der Waals surface area (Å²) in [5, 5.41) is 13.4. The Morgan fingerprint density at radius 2 is 2.12 bits per heavy atom. The molecule has 1 unspecified atom stereocenters. The lowest BCUT2D eigenvalue weighted by molar-refractivity contribution is 0.0264. The van der Waals surface area contributed by atoms with E-state index in [1.165, 1.54) is 12.1 Å². The third-order valence-electron chi connectivity index (χ3n) is 3.15. The van der Waals surface area contributed by atoms with Crippen LogP contribution in [0.2, 0.25) is 0 Å². The van der Waals surface area contributed by atoms with Gasteiger partial charge in [0.1, 0.15) is 5.82 Å². The van der Waals surface area contributed by atoms with E-state index in [4.69, 9.17) is 0 Å². The number of β-amino-alcohol motifs (C(OH)–C–C–N with tert-alkyl or cyclic N) is 1. The molecule has 0 radical (unpaired) electrons. The molecule has 3 nitrogen and oxygen atoms in total. The summed E-state index contributed by atoms with van der Waals surface area (Å²) in [5.41, 5.74) is 0.442. The van der Waals surface area contributed by atoms with Crippen molar-refractivity contribution >= 4 is 0 Å². The third kappa shape index (κ3) is 3.49. The van der Waals surface area contributed by atoms with Gasteiger partial charge >= 0.3 is 0 Å². The fraction of sp³-hybridized carbons (Fsp3) is 0.538. The van der Waals surface area contributed by atoms with E-state index in [1.807, 2.05) is 7.05 Å². The molecule has 1 saturated heterocycles. The molecule has 1 heterocycles. The summed E-state index contributed by atoms with van der Waals surface area (Å²) in [4.78, 5) is 2.07. The fourth-order valence-electron chi connectivity index (χ4n) is 2.33. The van der Waals surface area contributed by atoms with Gasteiger partial charge in [0.05, 0.1) is 5.60 Å². The SMILES string of the molecule is CN(Cc1ccc(F)cc1)CC1(O)CCNC1. The van der Waals surface area contributed by atoms with Gasteiger partial charge in [-0.1, -0.05) is 12.1 Å². The van der Waals surface area contributed by atoms with E-state index in [0.29, 0.717) is 13.1 Å². The molecule has 4 heteroatoms. The zero-order valence-electron chi connectivity index (χ0n) is 10.1. The zero-order chi connectivity index (χ0) is 12.3. The van der Waals surface area contributed by atoms with E-state index in [-0.39, 0.29) is 5.82 Å². The smallest absolute Gasteiger partial charge is 0.123 e. The average Bonchev–Trinajstić information content (AvgIpc) is 2.68. The van der Waals surface area contributed by atoms with Crippen molar-refractivity contribution in [2.45, 2.75) is 18.6 Å². The molecule has 0 amide bonds. The molecule has 17 heavy (non-hydrogen) atoms. The highest BCUT2D eigenvalue weighted by Crippen LogP contribution is 2.16. The van der Waals surface area contributed by atoms with Gasteiger partial charge in [-0.05, 0) is 37.7 Å². The van der Waals surface area contributed by atoms with Gasteiger partial charge in [-0.2, -0.15) is 0 Å². The molecule has 1 aliphatic rings. The molecule has 0 saturated carbocycles. The number of nitrogens with one attached hydrogen (secondary N) is 1. The van der Waals surface area contributed by atoms with Gasteiger partial charge in [0.2, 0.25) is 0 Å². The van der Waals surface area contributed by atoms with Gasteiger partial charge in [0, 0.05) is 19.6 Å². The van der Waals surface area contributed by atoms with Crippen LogP contribution in [0.5, 0.6) is 0 Å². The fourth-order valence-corrected chi connectivity index (χ4v) is 2.33. The molecule has 94 valence electrons. The maximum Gasteiger partial charge on any atom is 0.123 e. The second kappa shape index (κ2) is 5.12. The highest BCUT2D eigenvalue weighted by atomic mass is 19.1. The summed E-state index contributed by atoms with van der Waals surface area (Å²) in [6.07, 6.45) is 0.792. The van der Waals surface area contributed by atoms with Crippen LogP contribution in [0, 0.1) is 5.82 Å². The van der Waals surface area contributed by atoms with Crippen molar-refractivity contribution in [3.63, 3.8) is 0 Å². The Morgan fingerprint density at radius 3 is 2.71 bits per heavy atom. The molecule has 0 aliphatic carbocycles. The van der Waals surface area contributed by atoms with E-state index < -0.39 is 5.60 Å². The second-order valence-electron chi connectivity index (χ2n) is 4.95. The lowest BCUT2D eigenvalue weighted by Gasteiger charge is -2.28. The summed E-state index contributed by atoms with van der Waals surface area (Å²) in [6, 6.07) is 6.50. The summed E-state index contributed by atoms with van der Waals surface area (Å²) in [7, 11) is 1.97. The van der Waals surface area contributed by atoms with Gasteiger partial charge in [-0.25, -0.2) is 4.39 Å². The molecule has 2 N–H and O–H groups in total. The monoisotopic (exact) mass is 238 g/mol. The normalized spacial score (nSPS) is 24.5. The minimum absolute atomic E-state index is 0.213. The van der Waals surface area contributed by atoms with E-state index >= 15 is 0 Å². The van der Waals surface area contributed by atoms with E-state index in [9.17, 15) is 9.50 Å². The van der Waals surface area contributed by atoms with Crippen molar-refractivity contribution in [2.24, 2.45) is 0 Å². The highest BCUT2D eigenvalue weighted by Gasteiger charge is 2.31. The number of likely N-dealkylation sites (N-methyl/N-ethyl adjacent to an activating group) is 1. The third-order valence-corrected chi connectivity index (χ3v) is 3.15. The van der Waals surface area contributed by atoms with E-state index in [0.717, 1.165) is 25.1 Å². The molecule has 1 atom stereocenters. The Kier molecular flexibility index (Phi) is 3.76. The minimum atomic E-state index is -0.616. The lowest BCUT2D eigenvalue weighted by atomic mass is 10.0. The first-order valence-electron chi connectivity index (χ1n) is 5.93. The van der Waals surface area contributed by atoms with Crippen molar-refractivity contribution in [3.05, 3.63) is 35.6 Å². The summed E-state index contributed by atoms with van der Waals surface area (Å²) in [6.45, 7) is 2.89. The van der Waals surface area contributed by atoms with Crippen LogP contribution in [0.4, 0.5) is 4.39 Å². The molecular weight excluding hydrogens is 219 g/mol. The number of hydrogen-bond acceptors (Lipinski definition) is 3. The quantitative estimate of drug-likeness (QED) is 0.821. The Balaban J connectivity index is 1.88. The molecule has 2 rings (SSSR count). The van der Waals surface area contributed by atoms with Crippen LogP contribution in [0.3, 0.4) is 0 Å². The van der Waals surface area contributed by atoms with Crippen molar-refractivity contribution in [2.75, 3.05) is 26.7 Å². The summed E-state index contributed by atoms with van der Waals surface area (Å²) in [5.74, 6) is -0.213. The van der Waals surface area contributed by atoms with Crippen LogP contribution in [-0.4, -0.2) is 42.3 Å². The van der Waals surface area contributed by atoms with Crippen molar-refractivity contribution in [1.29, 1.82) is 0 Å². The number of nitrogens with zero attached hydrogens (tertiary/aromatic N) is 1. The van der Waals surface area contributed by atoms with Crippen LogP contribution < -0.4 is 5.32 Å². The minimum Gasteiger partial charge on any atom is -0.387 e. The molecular formula is C13H19FN2O. The predicted octanol–water partition coefficient (Wildman–Crippen LogP) is 0.982. The molecule has 0 bridgehead atoms. The lowest BCUT2D eigenvalue weighted by Crippen LogP contribution is -2.42. The first-order chi connectivity index (χ1) is 8.07. The standard InChI is InChI=1S/C13H19FN2O/c1-16(10-13(17)6-7-15-9-13)8-11-2-4-12(14)5-3-11/h2-5,15,17H,6-10H2,1H3. The number of hydrogen-bond donors (Lipinski definition) is 2. The molecule has 1 aromatic carbocycles. The first-order valence-corrected chi connectivity index (χ1v) is 5.93. The Hall–Kier alpha value is -0.970. The summed E-state index contributed by atoms with van der Waals surface area (Å²) >= 11 is 0. The van der Waals surface area contributed by atoms with Crippen molar-refractivity contribution < 1.29 is 9.50 Å². The largest absolute Gasteiger partial charge is 0.387 e. The number of aliphatic hydroxyl groups is 1.